The van der Waals surface area contributed by atoms with Gasteiger partial charge in [0, 0.05) is 25.3 Å². The van der Waals surface area contributed by atoms with Crippen LogP contribution in [0.4, 0.5) is 5.82 Å². The fourth-order valence-corrected chi connectivity index (χ4v) is 1.57. The average Bonchev–Trinajstić information content (AvgIpc) is 2.17. The van der Waals surface area contributed by atoms with Gasteiger partial charge in [0.25, 0.3) is 0 Å². The molecule has 3 nitrogen and oxygen atoms in total. The lowest BCUT2D eigenvalue weighted by Gasteiger charge is -2.35. The van der Waals surface area contributed by atoms with E-state index in [1.165, 1.54) is 0 Å². The van der Waals surface area contributed by atoms with Gasteiger partial charge in [-0.05, 0) is 41.9 Å². The van der Waals surface area contributed by atoms with Crippen molar-refractivity contribution in [2.75, 3.05) is 18.5 Å². The predicted molar refractivity (Wildman–Crippen MR) is 63.5 cm³/mol. The molecule has 0 aliphatic carbocycles. The van der Waals surface area contributed by atoms with E-state index >= 15 is 0 Å². The zero-order valence-corrected chi connectivity index (χ0v) is 10.4. The van der Waals surface area contributed by atoms with E-state index in [2.05, 4.69) is 39.7 Å². The largest absolute Gasteiger partial charge is 0.352 e. The molecule has 78 valence electrons. The molecule has 0 bridgehead atoms. The fourth-order valence-electron chi connectivity index (χ4n) is 1.05. The maximum atomic E-state index is 5.71. The van der Waals surface area contributed by atoms with Crippen molar-refractivity contribution in [1.29, 1.82) is 0 Å². The number of rotatable bonds is 3. The summed E-state index contributed by atoms with van der Waals surface area (Å²) in [4.78, 5) is 6.40. The first-order valence-corrected chi connectivity index (χ1v) is 5.33. The summed E-state index contributed by atoms with van der Waals surface area (Å²) in [5, 5.41) is 0. The molecule has 1 aromatic heterocycles. The highest BCUT2D eigenvalue weighted by Gasteiger charge is 2.23. The van der Waals surface area contributed by atoms with Crippen LogP contribution in [0.2, 0.25) is 0 Å². The standard InChI is InChI=1S/C10H16BrN3/c1-10(2,7-12)14(3)9-8(11)5-4-6-13-9/h4-6H,7,12H2,1-3H3. The molecule has 0 aromatic carbocycles. The van der Waals surface area contributed by atoms with Crippen molar-refractivity contribution in [2.24, 2.45) is 5.73 Å². The quantitative estimate of drug-likeness (QED) is 0.901. The summed E-state index contributed by atoms with van der Waals surface area (Å²) < 4.78 is 0.990. The molecule has 1 aromatic rings. The van der Waals surface area contributed by atoms with Gasteiger partial charge in [-0.3, -0.25) is 0 Å². The lowest BCUT2D eigenvalue weighted by Crippen LogP contribution is -2.47. The van der Waals surface area contributed by atoms with E-state index in [-0.39, 0.29) is 5.54 Å². The molecule has 2 N–H and O–H groups in total. The van der Waals surface area contributed by atoms with Crippen molar-refractivity contribution in [2.45, 2.75) is 19.4 Å². The van der Waals surface area contributed by atoms with Gasteiger partial charge in [0.05, 0.1) is 4.47 Å². The van der Waals surface area contributed by atoms with Gasteiger partial charge in [0.15, 0.2) is 0 Å². The molecule has 0 unspecified atom stereocenters. The van der Waals surface area contributed by atoms with Crippen molar-refractivity contribution in [3.8, 4) is 0 Å². The van der Waals surface area contributed by atoms with Crippen LogP contribution in [0.3, 0.4) is 0 Å². The van der Waals surface area contributed by atoms with Gasteiger partial charge in [0.1, 0.15) is 5.82 Å². The van der Waals surface area contributed by atoms with Crippen LogP contribution in [0, 0.1) is 0 Å². The Kier molecular flexibility index (Phi) is 3.50. The maximum Gasteiger partial charge on any atom is 0.143 e. The number of hydrogen-bond donors (Lipinski definition) is 1. The smallest absolute Gasteiger partial charge is 0.143 e. The molecular formula is C10H16BrN3. The van der Waals surface area contributed by atoms with E-state index < -0.39 is 0 Å². The Balaban J connectivity index is 3.00. The molecule has 0 fully saturated rings. The van der Waals surface area contributed by atoms with E-state index in [4.69, 9.17) is 5.73 Å². The summed E-state index contributed by atoms with van der Waals surface area (Å²) in [6, 6.07) is 3.88. The maximum absolute atomic E-state index is 5.71. The Morgan fingerprint density at radius 1 is 1.57 bits per heavy atom. The molecule has 0 aliphatic heterocycles. The van der Waals surface area contributed by atoms with Gasteiger partial charge in [0.2, 0.25) is 0 Å². The van der Waals surface area contributed by atoms with Crippen LogP contribution < -0.4 is 10.6 Å². The molecule has 14 heavy (non-hydrogen) atoms. The summed E-state index contributed by atoms with van der Waals surface area (Å²) in [6.45, 7) is 4.77. The van der Waals surface area contributed by atoms with Gasteiger partial charge in [-0.25, -0.2) is 4.98 Å². The van der Waals surface area contributed by atoms with Gasteiger partial charge in [-0.15, -0.1) is 0 Å². The number of nitrogens with zero attached hydrogens (tertiary/aromatic N) is 2. The topological polar surface area (TPSA) is 42.2 Å². The summed E-state index contributed by atoms with van der Waals surface area (Å²) in [6.07, 6.45) is 1.78. The average molecular weight is 258 g/mol. The van der Waals surface area contributed by atoms with Crippen LogP contribution in [0.25, 0.3) is 0 Å². The van der Waals surface area contributed by atoms with Crippen LogP contribution >= 0.6 is 15.9 Å². The van der Waals surface area contributed by atoms with Crippen LogP contribution in [-0.4, -0.2) is 24.1 Å². The Labute approximate surface area is 93.4 Å². The van der Waals surface area contributed by atoms with Gasteiger partial charge in [-0.2, -0.15) is 0 Å². The number of nitrogens with two attached hydrogens (primary N) is 1. The third kappa shape index (κ3) is 2.25. The van der Waals surface area contributed by atoms with Gasteiger partial charge >= 0.3 is 0 Å². The van der Waals surface area contributed by atoms with E-state index in [9.17, 15) is 0 Å². The molecule has 0 spiro atoms. The number of pyridine rings is 1. The summed E-state index contributed by atoms with van der Waals surface area (Å²) in [7, 11) is 2.00. The second-order valence-corrected chi connectivity index (χ2v) is 4.74. The second kappa shape index (κ2) is 4.28. The Morgan fingerprint density at radius 2 is 2.21 bits per heavy atom. The van der Waals surface area contributed by atoms with Crippen molar-refractivity contribution < 1.29 is 0 Å². The number of anilines is 1. The number of likely N-dealkylation sites (N-methyl/N-ethyl adjacent to an activating group) is 1. The molecular weight excluding hydrogens is 242 g/mol. The SMILES string of the molecule is CN(c1ncccc1Br)C(C)(C)CN. The van der Waals surface area contributed by atoms with Crippen LogP contribution in [-0.2, 0) is 0 Å². The minimum Gasteiger partial charge on any atom is -0.352 e. The fraction of sp³-hybridized carbons (Fsp3) is 0.500. The lowest BCUT2D eigenvalue weighted by molar-refractivity contribution is 0.494. The monoisotopic (exact) mass is 257 g/mol. The second-order valence-electron chi connectivity index (χ2n) is 3.88. The Bertz CT molecular complexity index is 312. The third-order valence-electron chi connectivity index (χ3n) is 2.46. The van der Waals surface area contributed by atoms with E-state index in [0.717, 1.165) is 10.3 Å². The molecule has 1 heterocycles. The Hall–Kier alpha value is -0.610. The van der Waals surface area contributed by atoms with E-state index in [0.29, 0.717) is 6.54 Å². The highest BCUT2D eigenvalue weighted by molar-refractivity contribution is 9.10. The molecule has 1 rings (SSSR count). The van der Waals surface area contributed by atoms with E-state index in [1.807, 2.05) is 19.2 Å². The van der Waals surface area contributed by atoms with Crippen LogP contribution in [0.5, 0.6) is 0 Å². The number of aromatic nitrogens is 1. The lowest BCUT2D eigenvalue weighted by atomic mass is 10.0. The third-order valence-corrected chi connectivity index (χ3v) is 3.08. The van der Waals surface area contributed by atoms with Crippen molar-refractivity contribution in [1.82, 2.24) is 4.98 Å². The van der Waals surface area contributed by atoms with Gasteiger partial charge in [-0.1, -0.05) is 0 Å². The zero-order valence-electron chi connectivity index (χ0n) is 8.79. The Morgan fingerprint density at radius 3 is 2.71 bits per heavy atom. The molecule has 0 saturated carbocycles. The highest BCUT2D eigenvalue weighted by atomic mass is 79.9. The van der Waals surface area contributed by atoms with E-state index in [1.54, 1.807) is 6.20 Å². The molecule has 0 saturated heterocycles. The van der Waals surface area contributed by atoms with Crippen LogP contribution in [0.15, 0.2) is 22.8 Å². The normalized spacial score (nSPS) is 11.5. The van der Waals surface area contributed by atoms with Crippen molar-refractivity contribution in [3.05, 3.63) is 22.8 Å². The van der Waals surface area contributed by atoms with Crippen LogP contribution in [0.1, 0.15) is 13.8 Å². The predicted octanol–water partition coefficient (Wildman–Crippen LogP) is 2.02. The first-order chi connectivity index (χ1) is 6.49. The summed E-state index contributed by atoms with van der Waals surface area (Å²) in [5.41, 5.74) is 5.62. The molecule has 0 amide bonds. The zero-order chi connectivity index (χ0) is 10.8. The number of hydrogen-bond acceptors (Lipinski definition) is 3. The molecule has 0 atom stereocenters. The minimum atomic E-state index is -0.0864. The summed E-state index contributed by atoms with van der Waals surface area (Å²) >= 11 is 3.47. The van der Waals surface area contributed by atoms with Crippen molar-refractivity contribution in [3.63, 3.8) is 0 Å². The minimum absolute atomic E-state index is 0.0864. The first-order valence-electron chi connectivity index (χ1n) is 4.53. The molecule has 4 heteroatoms. The first kappa shape index (κ1) is 11.5. The summed E-state index contributed by atoms with van der Waals surface area (Å²) in [5.74, 6) is 0.919. The molecule has 0 radical (unpaired) electrons. The number of halogens is 1. The van der Waals surface area contributed by atoms with Crippen molar-refractivity contribution >= 4 is 21.7 Å². The highest BCUT2D eigenvalue weighted by Crippen LogP contribution is 2.26. The van der Waals surface area contributed by atoms with Gasteiger partial charge < -0.3 is 10.6 Å². The molecule has 0 aliphatic rings.